The summed E-state index contributed by atoms with van der Waals surface area (Å²) in [5.41, 5.74) is 3.52. The van der Waals surface area contributed by atoms with Gasteiger partial charge in [0.2, 0.25) is 0 Å². The fraction of sp³-hybridized carbons (Fsp3) is 0.130. The van der Waals surface area contributed by atoms with E-state index in [-0.39, 0.29) is 5.91 Å². The Morgan fingerprint density at radius 3 is 2.72 bits per heavy atom. The maximum atomic E-state index is 13.0. The van der Waals surface area contributed by atoms with E-state index in [9.17, 15) is 4.79 Å². The molecule has 32 heavy (non-hydrogen) atoms. The van der Waals surface area contributed by atoms with Crippen LogP contribution in [0.5, 0.6) is 0 Å². The second-order valence-corrected chi connectivity index (χ2v) is 9.49. The zero-order valence-electron chi connectivity index (χ0n) is 17.2. The Morgan fingerprint density at radius 1 is 1.12 bits per heavy atom. The Bertz CT molecular complexity index is 1360. The highest BCUT2D eigenvalue weighted by Gasteiger charge is 2.21. The lowest BCUT2D eigenvalue weighted by Gasteiger charge is -2.07. The van der Waals surface area contributed by atoms with Crippen molar-refractivity contribution in [1.29, 1.82) is 0 Å². The Balaban J connectivity index is 1.32. The molecule has 0 fully saturated rings. The highest BCUT2D eigenvalue weighted by atomic mass is 32.2. The second-order valence-electron chi connectivity index (χ2n) is 7.08. The molecule has 0 bridgehead atoms. The van der Waals surface area contributed by atoms with E-state index in [4.69, 9.17) is 4.42 Å². The summed E-state index contributed by atoms with van der Waals surface area (Å²) in [7, 11) is 0. The summed E-state index contributed by atoms with van der Waals surface area (Å²) in [6, 6.07) is 17.5. The molecule has 0 unspecified atom stereocenters. The van der Waals surface area contributed by atoms with Gasteiger partial charge in [-0.25, -0.2) is 4.68 Å². The molecule has 2 aromatic carbocycles. The Labute approximate surface area is 192 Å². The highest BCUT2D eigenvalue weighted by molar-refractivity contribution is 8.00. The number of carbonyl (C=O) groups is 1. The number of carbonyl (C=O) groups excluding carboxylic acids is 1. The monoisotopic (exact) mass is 461 g/mol. The van der Waals surface area contributed by atoms with Gasteiger partial charge in [-0.2, -0.15) is 5.10 Å². The third-order valence-corrected chi connectivity index (χ3v) is 6.91. The summed E-state index contributed by atoms with van der Waals surface area (Å²) >= 11 is 3.10. The van der Waals surface area contributed by atoms with E-state index in [0.717, 1.165) is 31.5 Å². The van der Waals surface area contributed by atoms with Crippen LogP contribution in [-0.4, -0.2) is 25.9 Å². The van der Waals surface area contributed by atoms with Gasteiger partial charge in [-0.1, -0.05) is 53.4 Å². The van der Waals surface area contributed by atoms with Crippen molar-refractivity contribution >= 4 is 40.0 Å². The van der Waals surface area contributed by atoms with Crippen molar-refractivity contribution in [2.24, 2.45) is 0 Å². The maximum absolute atomic E-state index is 13.0. The lowest BCUT2D eigenvalue weighted by atomic mass is 10.1. The average molecular weight is 462 g/mol. The molecular weight excluding hydrogens is 442 g/mol. The van der Waals surface area contributed by atoms with Crippen LogP contribution in [0.15, 0.2) is 75.7 Å². The molecule has 1 amide bonds. The van der Waals surface area contributed by atoms with Crippen molar-refractivity contribution in [3.8, 4) is 5.69 Å². The number of aryl methyl sites for hydroxylation is 1. The normalized spacial score (nSPS) is 11.2. The summed E-state index contributed by atoms with van der Waals surface area (Å²) in [5, 5.41) is 17.3. The van der Waals surface area contributed by atoms with Crippen LogP contribution < -0.4 is 5.32 Å². The van der Waals surface area contributed by atoms with Crippen molar-refractivity contribution in [3.05, 3.63) is 88.9 Å². The molecule has 0 aliphatic carbocycles. The number of benzene rings is 2. The fourth-order valence-corrected chi connectivity index (χ4v) is 5.19. The quantitative estimate of drug-likeness (QED) is 0.343. The topological polar surface area (TPSA) is 85.8 Å². The number of furan rings is 1. The van der Waals surface area contributed by atoms with Gasteiger partial charge in [0.1, 0.15) is 10.6 Å². The zero-order valence-corrected chi connectivity index (χ0v) is 18.8. The van der Waals surface area contributed by atoms with E-state index in [1.807, 2.05) is 67.7 Å². The van der Waals surface area contributed by atoms with Crippen LogP contribution in [0.2, 0.25) is 0 Å². The molecule has 3 aromatic heterocycles. The summed E-state index contributed by atoms with van der Waals surface area (Å²) in [6.45, 7) is 2.33. The summed E-state index contributed by atoms with van der Waals surface area (Å²) in [6.07, 6.45) is 3.63. The minimum Gasteiger partial charge on any atom is -0.451 e. The first-order valence-electron chi connectivity index (χ1n) is 9.98. The first kappa shape index (κ1) is 20.5. The smallest absolute Gasteiger partial charge is 0.287 e. The highest BCUT2D eigenvalue weighted by Crippen LogP contribution is 2.33. The molecular formula is C23H19N5O2S2. The van der Waals surface area contributed by atoms with Crippen LogP contribution in [0.4, 0.5) is 0 Å². The SMILES string of the molecule is Cc1nnc(SCc2c(C(=O)NCc3ccc(-n4cccn4)cc3)oc3ccccc23)s1. The molecule has 5 rings (SSSR count). The van der Waals surface area contributed by atoms with Crippen molar-refractivity contribution < 1.29 is 9.21 Å². The molecule has 3 heterocycles. The molecule has 5 aromatic rings. The van der Waals surface area contributed by atoms with Crippen molar-refractivity contribution in [2.75, 3.05) is 0 Å². The third kappa shape index (κ3) is 4.30. The molecule has 0 radical (unpaired) electrons. The van der Waals surface area contributed by atoms with Gasteiger partial charge in [0.25, 0.3) is 5.91 Å². The molecule has 0 saturated heterocycles. The molecule has 0 saturated carbocycles. The minimum absolute atomic E-state index is 0.235. The Morgan fingerprint density at radius 2 is 1.97 bits per heavy atom. The van der Waals surface area contributed by atoms with Gasteiger partial charge in [0.05, 0.1) is 5.69 Å². The standard InChI is InChI=1S/C23H19N5O2S2/c1-15-26-27-23(32-15)31-14-19-18-5-2-3-6-20(18)30-21(19)22(29)24-13-16-7-9-17(10-8-16)28-12-4-11-25-28/h2-12H,13-14H2,1H3,(H,24,29). The zero-order chi connectivity index (χ0) is 21.9. The van der Waals surface area contributed by atoms with Crippen molar-refractivity contribution in [2.45, 2.75) is 23.6 Å². The number of rotatable bonds is 7. The lowest BCUT2D eigenvalue weighted by Crippen LogP contribution is -2.23. The van der Waals surface area contributed by atoms with Gasteiger partial charge in [0, 0.05) is 35.6 Å². The first-order valence-corrected chi connectivity index (χ1v) is 11.8. The van der Waals surface area contributed by atoms with Crippen LogP contribution in [0, 0.1) is 6.92 Å². The second kappa shape index (κ2) is 8.97. The summed E-state index contributed by atoms with van der Waals surface area (Å²) in [4.78, 5) is 13.0. The fourth-order valence-electron chi connectivity index (χ4n) is 3.35. The third-order valence-electron chi connectivity index (χ3n) is 4.91. The Hall–Kier alpha value is -3.43. The minimum atomic E-state index is -0.235. The molecule has 1 N–H and O–H groups in total. The molecule has 0 atom stereocenters. The van der Waals surface area contributed by atoms with Gasteiger partial charge in [0.15, 0.2) is 10.1 Å². The van der Waals surface area contributed by atoms with Crippen LogP contribution in [-0.2, 0) is 12.3 Å². The van der Waals surface area contributed by atoms with E-state index in [2.05, 4.69) is 20.6 Å². The van der Waals surface area contributed by atoms with Gasteiger partial charge >= 0.3 is 0 Å². The summed E-state index contributed by atoms with van der Waals surface area (Å²) in [5.74, 6) is 0.682. The molecule has 160 valence electrons. The number of amides is 1. The van der Waals surface area contributed by atoms with Gasteiger partial charge in [-0.05, 0) is 36.8 Å². The molecule has 0 aliphatic heterocycles. The number of hydrogen-bond donors (Lipinski definition) is 1. The van der Waals surface area contributed by atoms with E-state index in [1.165, 1.54) is 0 Å². The molecule has 7 nitrogen and oxygen atoms in total. The van der Waals surface area contributed by atoms with Crippen LogP contribution in [0.3, 0.4) is 0 Å². The predicted octanol–water partition coefficient (Wildman–Crippen LogP) is 5.00. The number of nitrogens with zero attached hydrogens (tertiary/aromatic N) is 4. The number of para-hydroxylation sites is 1. The first-order chi connectivity index (χ1) is 15.7. The Kier molecular flexibility index (Phi) is 5.74. The van der Waals surface area contributed by atoms with E-state index in [0.29, 0.717) is 23.6 Å². The number of aromatic nitrogens is 4. The van der Waals surface area contributed by atoms with Crippen molar-refractivity contribution in [1.82, 2.24) is 25.3 Å². The number of fused-ring (bicyclic) bond motifs is 1. The average Bonchev–Trinajstić information content (AvgIpc) is 3.56. The molecule has 9 heteroatoms. The van der Waals surface area contributed by atoms with Gasteiger partial charge in [-0.3, -0.25) is 4.79 Å². The van der Waals surface area contributed by atoms with E-state index < -0.39 is 0 Å². The largest absolute Gasteiger partial charge is 0.451 e. The predicted molar refractivity (Wildman–Crippen MR) is 125 cm³/mol. The van der Waals surface area contributed by atoms with Crippen LogP contribution >= 0.6 is 23.1 Å². The van der Waals surface area contributed by atoms with Gasteiger partial charge in [-0.15, -0.1) is 10.2 Å². The van der Waals surface area contributed by atoms with Gasteiger partial charge < -0.3 is 9.73 Å². The van der Waals surface area contributed by atoms with Crippen molar-refractivity contribution in [3.63, 3.8) is 0 Å². The molecule has 0 aliphatic rings. The lowest BCUT2D eigenvalue weighted by molar-refractivity contribution is 0.0924. The molecule has 0 spiro atoms. The maximum Gasteiger partial charge on any atom is 0.287 e. The van der Waals surface area contributed by atoms with Crippen LogP contribution in [0.1, 0.15) is 26.7 Å². The van der Waals surface area contributed by atoms with Crippen LogP contribution in [0.25, 0.3) is 16.7 Å². The number of thioether (sulfide) groups is 1. The van der Waals surface area contributed by atoms with E-state index in [1.54, 1.807) is 34.0 Å². The number of hydrogen-bond acceptors (Lipinski definition) is 7. The van der Waals surface area contributed by atoms with E-state index >= 15 is 0 Å². The number of nitrogens with one attached hydrogen (secondary N) is 1. The summed E-state index contributed by atoms with van der Waals surface area (Å²) < 4.78 is 8.61.